The van der Waals surface area contributed by atoms with Crippen molar-refractivity contribution >= 4 is 44.9 Å². The molecule has 0 atom stereocenters. The van der Waals surface area contributed by atoms with Crippen LogP contribution in [0.25, 0.3) is 11.0 Å². The highest BCUT2D eigenvalue weighted by Gasteiger charge is 2.30. The predicted octanol–water partition coefficient (Wildman–Crippen LogP) is 6.80. The zero-order valence-corrected chi connectivity index (χ0v) is 21.7. The molecule has 0 spiro atoms. The highest BCUT2D eigenvalue weighted by atomic mass is 32.1. The molecule has 4 rings (SSSR count). The monoisotopic (exact) mass is 544 g/mol. The first-order valence-corrected chi connectivity index (χ1v) is 12.3. The second-order valence-electron chi connectivity index (χ2n) is 8.17. The third kappa shape index (κ3) is 5.42. The number of hydrogen-bond donors (Lipinski definition) is 1. The second kappa shape index (κ2) is 10.7. The van der Waals surface area contributed by atoms with E-state index in [0.29, 0.717) is 22.3 Å². The second-order valence-corrected chi connectivity index (χ2v) is 9.38. The molecule has 0 aliphatic heterocycles. The van der Waals surface area contributed by atoms with Crippen LogP contribution < -0.4 is 15.6 Å². The molecule has 1 amide bonds. The average Bonchev–Trinajstić information content (AvgIpc) is 3.15. The number of carbonyl (C=O) groups is 2. The fraction of sp³-hybridized carbons (Fsp3) is 0.222. The van der Waals surface area contributed by atoms with E-state index in [-0.39, 0.29) is 34.0 Å². The van der Waals surface area contributed by atoms with Crippen LogP contribution in [0.4, 0.5) is 23.9 Å². The van der Waals surface area contributed by atoms with E-state index in [2.05, 4.69) is 10.3 Å². The molecule has 0 radical (unpaired) electrons. The van der Waals surface area contributed by atoms with Crippen LogP contribution in [0.3, 0.4) is 0 Å². The van der Waals surface area contributed by atoms with Crippen molar-refractivity contribution in [3.8, 4) is 5.75 Å². The number of para-hydroxylation sites is 1. The number of ether oxygens (including phenoxy) is 2. The van der Waals surface area contributed by atoms with E-state index in [1.807, 2.05) is 6.92 Å². The lowest BCUT2D eigenvalue weighted by Crippen LogP contribution is -2.22. The molecule has 0 aliphatic rings. The number of fused-ring (bicyclic) bond motifs is 1. The first kappa shape index (κ1) is 26.9. The van der Waals surface area contributed by atoms with E-state index in [9.17, 15) is 22.8 Å². The summed E-state index contributed by atoms with van der Waals surface area (Å²) in [6, 6.07) is 10.8. The van der Waals surface area contributed by atoms with Crippen LogP contribution in [0, 0.1) is 13.8 Å². The van der Waals surface area contributed by atoms with E-state index in [1.165, 1.54) is 36.6 Å². The Hall–Kier alpha value is -4.12. The summed E-state index contributed by atoms with van der Waals surface area (Å²) in [5.41, 5.74) is 0.0507. The summed E-state index contributed by atoms with van der Waals surface area (Å²) in [5.74, 6) is -0.936. The van der Waals surface area contributed by atoms with Gasteiger partial charge in [-0.2, -0.15) is 13.2 Å². The number of carbonyl (C=O) groups excluding carboxylic acids is 2. The van der Waals surface area contributed by atoms with Crippen molar-refractivity contribution in [2.45, 2.75) is 26.9 Å². The molecular formula is C27H23F3N2O5S. The number of aryl methyl sites for hydroxylation is 1. The molecule has 0 unspecified atom stereocenters. The van der Waals surface area contributed by atoms with Gasteiger partial charge in [0.15, 0.2) is 11.3 Å². The van der Waals surface area contributed by atoms with Gasteiger partial charge in [-0.3, -0.25) is 4.79 Å². The van der Waals surface area contributed by atoms with Crippen LogP contribution in [-0.2, 0) is 10.9 Å². The Morgan fingerprint density at radius 3 is 2.53 bits per heavy atom. The minimum absolute atomic E-state index is 0.0540. The predicted molar refractivity (Wildman–Crippen MR) is 137 cm³/mol. The number of alkyl halides is 3. The molecule has 0 saturated heterocycles. The number of esters is 1. The fourth-order valence-corrected chi connectivity index (χ4v) is 4.74. The van der Waals surface area contributed by atoms with Crippen molar-refractivity contribution in [3.05, 3.63) is 81.2 Å². The molecule has 198 valence electrons. The number of hydrogen-bond acceptors (Lipinski definition) is 7. The summed E-state index contributed by atoms with van der Waals surface area (Å²) in [4.78, 5) is 31.4. The number of anilines is 1. The number of rotatable bonds is 6. The van der Waals surface area contributed by atoms with Gasteiger partial charge in [0.2, 0.25) is 5.55 Å². The van der Waals surface area contributed by atoms with Gasteiger partial charge in [-0.25, -0.2) is 9.79 Å². The van der Waals surface area contributed by atoms with Gasteiger partial charge < -0.3 is 19.2 Å². The molecule has 2 aromatic carbocycles. The van der Waals surface area contributed by atoms with Crippen molar-refractivity contribution in [2.75, 3.05) is 19.0 Å². The topological polar surface area (TPSA) is 90.1 Å². The van der Waals surface area contributed by atoms with Gasteiger partial charge in [-0.05, 0) is 56.7 Å². The summed E-state index contributed by atoms with van der Waals surface area (Å²) in [6.45, 7) is 5.43. The molecule has 0 bridgehead atoms. The van der Waals surface area contributed by atoms with Crippen molar-refractivity contribution in [2.24, 2.45) is 4.99 Å². The van der Waals surface area contributed by atoms with Crippen LogP contribution in [-0.4, -0.2) is 25.6 Å². The van der Waals surface area contributed by atoms with E-state index in [1.54, 1.807) is 32.0 Å². The van der Waals surface area contributed by atoms with Gasteiger partial charge in [0.05, 0.1) is 24.8 Å². The van der Waals surface area contributed by atoms with Crippen LogP contribution in [0.1, 0.15) is 43.6 Å². The van der Waals surface area contributed by atoms with E-state index < -0.39 is 23.6 Å². The van der Waals surface area contributed by atoms with Crippen molar-refractivity contribution < 1.29 is 36.7 Å². The van der Waals surface area contributed by atoms with Gasteiger partial charge in [0.1, 0.15) is 10.6 Å². The number of benzene rings is 2. The van der Waals surface area contributed by atoms with Gasteiger partial charge >= 0.3 is 12.1 Å². The van der Waals surface area contributed by atoms with Crippen molar-refractivity contribution in [1.82, 2.24) is 0 Å². The Bertz CT molecular complexity index is 1600. The van der Waals surface area contributed by atoms with Crippen molar-refractivity contribution in [1.29, 1.82) is 0 Å². The first-order chi connectivity index (χ1) is 18.0. The SMILES string of the molecule is CCOC(=O)c1c(N=c2oc3c(OC)cccc3cc2C(=O)Nc2cccc(C(F)(F)F)c2)sc(C)c1C. The quantitative estimate of drug-likeness (QED) is 0.270. The van der Waals surface area contributed by atoms with Gasteiger partial charge in [-0.15, -0.1) is 11.3 Å². The number of amides is 1. The maximum Gasteiger partial charge on any atom is 0.416 e. The molecule has 0 saturated carbocycles. The van der Waals surface area contributed by atoms with Gasteiger partial charge in [0, 0.05) is 16.0 Å². The highest BCUT2D eigenvalue weighted by molar-refractivity contribution is 7.16. The fourth-order valence-electron chi connectivity index (χ4n) is 3.73. The van der Waals surface area contributed by atoms with Crippen LogP contribution in [0.2, 0.25) is 0 Å². The zero-order valence-electron chi connectivity index (χ0n) is 20.9. The normalized spacial score (nSPS) is 12.0. The largest absolute Gasteiger partial charge is 0.493 e. The summed E-state index contributed by atoms with van der Waals surface area (Å²) in [7, 11) is 1.46. The lowest BCUT2D eigenvalue weighted by molar-refractivity contribution is -0.137. The molecule has 2 heterocycles. The minimum Gasteiger partial charge on any atom is -0.493 e. The standard InChI is InChI=1S/C27H23F3N2O5S/c1-5-36-26(34)21-14(2)15(3)38-25(21)32-24-19(12-16-8-6-11-20(35-4)22(16)37-24)23(33)31-18-10-7-9-17(13-18)27(28,29)30/h6-13H,5H2,1-4H3,(H,31,33). The van der Waals surface area contributed by atoms with Gasteiger partial charge in [0.25, 0.3) is 5.91 Å². The van der Waals surface area contributed by atoms with Crippen molar-refractivity contribution in [3.63, 3.8) is 0 Å². The molecule has 4 aromatic rings. The lowest BCUT2D eigenvalue weighted by Gasteiger charge is -2.11. The zero-order chi connectivity index (χ0) is 27.6. The van der Waals surface area contributed by atoms with E-state index >= 15 is 0 Å². The summed E-state index contributed by atoms with van der Waals surface area (Å²) < 4.78 is 56.1. The Kier molecular flexibility index (Phi) is 7.58. The summed E-state index contributed by atoms with van der Waals surface area (Å²) in [6.07, 6.45) is -4.57. The number of nitrogens with one attached hydrogen (secondary N) is 1. The van der Waals surface area contributed by atoms with Crippen LogP contribution >= 0.6 is 11.3 Å². The maximum atomic E-state index is 13.3. The first-order valence-electron chi connectivity index (χ1n) is 11.4. The Morgan fingerprint density at radius 2 is 1.84 bits per heavy atom. The Labute approximate surface area is 219 Å². The smallest absolute Gasteiger partial charge is 0.416 e. The third-order valence-electron chi connectivity index (χ3n) is 5.70. The average molecular weight is 545 g/mol. The molecule has 0 aliphatic carbocycles. The van der Waals surface area contributed by atoms with Crippen LogP contribution in [0.5, 0.6) is 5.75 Å². The van der Waals surface area contributed by atoms with Crippen LogP contribution in [0.15, 0.2) is 57.9 Å². The Balaban J connectivity index is 1.91. The Morgan fingerprint density at radius 1 is 1.11 bits per heavy atom. The number of methoxy groups -OCH3 is 1. The summed E-state index contributed by atoms with van der Waals surface area (Å²) in [5, 5.41) is 3.26. The molecular weight excluding hydrogens is 521 g/mol. The molecule has 2 aromatic heterocycles. The van der Waals surface area contributed by atoms with Gasteiger partial charge in [-0.1, -0.05) is 18.2 Å². The summed E-state index contributed by atoms with van der Waals surface area (Å²) >= 11 is 1.22. The third-order valence-corrected chi connectivity index (χ3v) is 6.80. The molecule has 11 heteroatoms. The molecule has 0 fully saturated rings. The molecule has 1 N–H and O–H groups in total. The van der Waals surface area contributed by atoms with E-state index in [0.717, 1.165) is 17.0 Å². The lowest BCUT2D eigenvalue weighted by atomic mass is 10.1. The maximum absolute atomic E-state index is 13.3. The number of nitrogens with zero attached hydrogens (tertiary/aromatic N) is 1. The number of halogens is 3. The molecule has 38 heavy (non-hydrogen) atoms. The molecule has 7 nitrogen and oxygen atoms in total. The van der Waals surface area contributed by atoms with E-state index in [4.69, 9.17) is 13.9 Å². The highest BCUT2D eigenvalue weighted by Crippen LogP contribution is 2.35. The number of thiophene rings is 1. The minimum atomic E-state index is -4.57.